The lowest BCUT2D eigenvalue weighted by atomic mass is 10.3. The van der Waals surface area contributed by atoms with Crippen LogP contribution in [0.2, 0.25) is 0 Å². The van der Waals surface area contributed by atoms with Gasteiger partial charge < -0.3 is 5.32 Å². The van der Waals surface area contributed by atoms with Crippen LogP contribution >= 0.6 is 27.3 Å². The molecular weight excluding hydrogens is 298 g/mol. The summed E-state index contributed by atoms with van der Waals surface area (Å²) in [5.41, 5.74) is 2.12. The summed E-state index contributed by atoms with van der Waals surface area (Å²) in [5.74, 6) is 0. The van der Waals surface area contributed by atoms with Gasteiger partial charge >= 0.3 is 0 Å². The monoisotopic (exact) mass is 311 g/mol. The van der Waals surface area contributed by atoms with Crippen LogP contribution in [0.15, 0.2) is 28.2 Å². The molecule has 0 saturated heterocycles. The fraction of sp³-hybridized carbons (Fsp3) is 0.333. The topological polar surface area (TPSA) is 37.8 Å². The number of aromatic nitrogens is 2. The first-order valence-electron chi connectivity index (χ1n) is 5.41. The van der Waals surface area contributed by atoms with Crippen LogP contribution in [0.25, 0.3) is 0 Å². The van der Waals surface area contributed by atoms with E-state index in [0.29, 0.717) is 0 Å². The lowest BCUT2D eigenvalue weighted by Crippen LogP contribution is -2.18. The minimum atomic E-state index is 0.263. The zero-order chi connectivity index (χ0) is 12.3. The molecule has 0 aliphatic heterocycles. The van der Waals surface area contributed by atoms with Crippen molar-refractivity contribution in [1.82, 2.24) is 15.3 Å². The van der Waals surface area contributed by atoms with Crippen LogP contribution in [0.3, 0.4) is 0 Å². The van der Waals surface area contributed by atoms with Crippen LogP contribution in [-0.4, -0.2) is 9.97 Å². The zero-order valence-electron chi connectivity index (χ0n) is 9.77. The lowest BCUT2D eigenvalue weighted by Gasteiger charge is -2.10. The molecule has 0 aliphatic carbocycles. The first-order chi connectivity index (χ1) is 8.15. The van der Waals surface area contributed by atoms with E-state index >= 15 is 0 Å². The Morgan fingerprint density at radius 2 is 2.29 bits per heavy atom. The normalized spacial score (nSPS) is 12.6. The fourth-order valence-electron chi connectivity index (χ4n) is 1.43. The van der Waals surface area contributed by atoms with Crippen molar-refractivity contribution >= 4 is 27.3 Å². The predicted octanol–water partition coefficient (Wildman–Crippen LogP) is 3.46. The van der Waals surface area contributed by atoms with Crippen LogP contribution in [0.1, 0.15) is 29.4 Å². The van der Waals surface area contributed by atoms with E-state index in [1.54, 1.807) is 11.3 Å². The maximum Gasteiger partial charge on any atom is 0.110 e. The van der Waals surface area contributed by atoms with Crippen molar-refractivity contribution in [3.05, 3.63) is 44.6 Å². The summed E-state index contributed by atoms with van der Waals surface area (Å²) in [6.07, 6.45) is 1.81. The molecule has 0 fully saturated rings. The van der Waals surface area contributed by atoms with Gasteiger partial charge in [0.25, 0.3) is 0 Å². The molecule has 2 aromatic heterocycles. The van der Waals surface area contributed by atoms with E-state index in [-0.39, 0.29) is 6.04 Å². The molecule has 90 valence electrons. The summed E-state index contributed by atoms with van der Waals surface area (Å²) in [6, 6.07) is 4.28. The van der Waals surface area contributed by atoms with E-state index in [0.717, 1.165) is 27.4 Å². The van der Waals surface area contributed by atoms with Gasteiger partial charge in [-0.1, -0.05) is 0 Å². The summed E-state index contributed by atoms with van der Waals surface area (Å²) in [7, 11) is 0. The van der Waals surface area contributed by atoms with Crippen molar-refractivity contribution in [2.24, 2.45) is 0 Å². The summed E-state index contributed by atoms with van der Waals surface area (Å²) in [4.78, 5) is 8.79. The zero-order valence-corrected chi connectivity index (χ0v) is 12.2. The smallest absolute Gasteiger partial charge is 0.110 e. The van der Waals surface area contributed by atoms with E-state index in [1.165, 1.54) is 0 Å². The third kappa shape index (κ3) is 3.59. The SMILES string of the molecule is Cc1csc(C(C)NCc2ccc(Br)cn2)n1. The number of nitrogens with one attached hydrogen (secondary N) is 1. The van der Waals surface area contributed by atoms with Gasteiger partial charge in [0.2, 0.25) is 0 Å². The molecule has 0 amide bonds. The third-order valence-corrected chi connectivity index (χ3v) is 4.00. The van der Waals surface area contributed by atoms with Crippen molar-refractivity contribution in [3.8, 4) is 0 Å². The summed E-state index contributed by atoms with van der Waals surface area (Å²) in [6.45, 7) is 4.90. The van der Waals surface area contributed by atoms with Gasteiger partial charge in [-0.3, -0.25) is 4.98 Å². The maximum absolute atomic E-state index is 4.47. The van der Waals surface area contributed by atoms with Crippen LogP contribution < -0.4 is 5.32 Å². The number of rotatable bonds is 4. The number of aryl methyl sites for hydroxylation is 1. The van der Waals surface area contributed by atoms with Gasteiger partial charge in [-0.2, -0.15) is 0 Å². The highest BCUT2D eigenvalue weighted by molar-refractivity contribution is 9.10. The molecule has 2 heterocycles. The van der Waals surface area contributed by atoms with Gasteiger partial charge in [-0.05, 0) is 41.9 Å². The van der Waals surface area contributed by atoms with Gasteiger partial charge in [0, 0.05) is 28.3 Å². The summed E-state index contributed by atoms with van der Waals surface area (Å²) < 4.78 is 1.00. The number of nitrogens with zero attached hydrogens (tertiary/aromatic N) is 2. The van der Waals surface area contributed by atoms with Crippen molar-refractivity contribution in [3.63, 3.8) is 0 Å². The molecule has 0 aromatic carbocycles. The highest BCUT2D eigenvalue weighted by Crippen LogP contribution is 2.17. The van der Waals surface area contributed by atoms with Gasteiger partial charge in [0.05, 0.1) is 11.7 Å². The van der Waals surface area contributed by atoms with Gasteiger partial charge in [-0.15, -0.1) is 11.3 Å². The number of hydrogen-bond donors (Lipinski definition) is 1. The Bertz CT molecular complexity index is 481. The molecule has 5 heteroatoms. The minimum absolute atomic E-state index is 0.263. The Morgan fingerprint density at radius 3 is 2.88 bits per heavy atom. The van der Waals surface area contributed by atoms with Gasteiger partial charge in [0.1, 0.15) is 5.01 Å². The molecule has 17 heavy (non-hydrogen) atoms. The number of halogens is 1. The minimum Gasteiger partial charge on any atom is -0.302 e. The average molecular weight is 312 g/mol. The highest BCUT2D eigenvalue weighted by atomic mass is 79.9. The molecule has 2 rings (SSSR count). The number of hydrogen-bond acceptors (Lipinski definition) is 4. The maximum atomic E-state index is 4.47. The predicted molar refractivity (Wildman–Crippen MR) is 74.0 cm³/mol. The van der Waals surface area contributed by atoms with Crippen LogP contribution in [0.4, 0.5) is 0 Å². The summed E-state index contributed by atoms with van der Waals surface area (Å²) >= 11 is 5.07. The second kappa shape index (κ2) is 5.71. The molecule has 0 aliphatic rings. The largest absolute Gasteiger partial charge is 0.302 e. The lowest BCUT2D eigenvalue weighted by molar-refractivity contribution is 0.564. The van der Waals surface area contributed by atoms with Crippen LogP contribution in [-0.2, 0) is 6.54 Å². The van der Waals surface area contributed by atoms with Crippen molar-refractivity contribution in [2.75, 3.05) is 0 Å². The Labute approximate surface area is 113 Å². The van der Waals surface area contributed by atoms with E-state index < -0.39 is 0 Å². The molecule has 0 spiro atoms. The van der Waals surface area contributed by atoms with Gasteiger partial charge in [-0.25, -0.2) is 4.98 Å². The third-order valence-electron chi connectivity index (χ3n) is 2.39. The molecule has 1 unspecified atom stereocenters. The molecule has 0 saturated carbocycles. The van der Waals surface area contributed by atoms with Crippen LogP contribution in [0, 0.1) is 6.92 Å². The molecule has 1 N–H and O–H groups in total. The first-order valence-corrected chi connectivity index (χ1v) is 7.08. The molecule has 0 radical (unpaired) electrons. The molecule has 1 atom stereocenters. The molecule has 0 bridgehead atoms. The quantitative estimate of drug-likeness (QED) is 0.939. The number of thiazole rings is 1. The Balaban J connectivity index is 1.92. The average Bonchev–Trinajstić information content (AvgIpc) is 2.75. The van der Waals surface area contributed by atoms with Crippen molar-refractivity contribution in [1.29, 1.82) is 0 Å². The standard InChI is InChI=1S/C12H14BrN3S/c1-8-7-17-12(16-8)9(2)14-6-11-4-3-10(13)5-15-11/h3-5,7,9,14H,6H2,1-2H3. The Hall–Kier alpha value is -0.780. The van der Waals surface area contributed by atoms with E-state index in [4.69, 9.17) is 0 Å². The van der Waals surface area contributed by atoms with Crippen molar-refractivity contribution < 1.29 is 0 Å². The fourth-order valence-corrected chi connectivity index (χ4v) is 2.49. The first kappa shape index (κ1) is 12.7. The highest BCUT2D eigenvalue weighted by Gasteiger charge is 2.08. The Kier molecular flexibility index (Phi) is 4.25. The van der Waals surface area contributed by atoms with Gasteiger partial charge in [0.15, 0.2) is 0 Å². The molecular formula is C12H14BrN3S. The van der Waals surface area contributed by atoms with E-state index in [2.05, 4.69) is 43.5 Å². The summed E-state index contributed by atoms with van der Waals surface area (Å²) in [5, 5.41) is 6.62. The van der Waals surface area contributed by atoms with Crippen LogP contribution in [0.5, 0.6) is 0 Å². The van der Waals surface area contributed by atoms with Crippen molar-refractivity contribution in [2.45, 2.75) is 26.4 Å². The molecule has 2 aromatic rings. The molecule has 3 nitrogen and oxygen atoms in total. The number of pyridine rings is 1. The van der Waals surface area contributed by atoms with E-state index in [1.807, 2.05) is 25.3 Å². The second-order valence-electron chi connectivity index (χ2n) is 3.90. The van der Waals surface area contributed by atoms with E-state index in [9.17, 15) is 0 Å². The Morgan fingerprint density at radius 1 is 1.47 bits per heavy atom. The second-order valence-corrected chi connectivity index (χ2v) is 5.70.